The van der Waals surface area contributed by atoms with Gasteiger partial charge in [-0.15, -0.1) is 0 Å². The zero-order valence-corrected chi connectivity index (χ0v) is 14.2. The van der Waals surface area contributed by atoms with Crippen LogP contribution in [0.4, 0.5) is 0 Å². The van der Waals surface area contributed by atoms with Crippen LogP contribution in [0.2, 0.25) is 0 Å². The molecule has 0 amide bonds. The van der Waals surface area contributed by atoms with Crippen LogP contribution < -0.4 is 9.47 Å². The van der Waals surface area contributed by atoms with E-state index in [1.807, 2.05) is 24.3 Å². The summed E-state index contributed by atoms with van der Waals surface area (Å²) in [7, 11) is 3.11. The average Bonchev–Trinajstić information content (AvgIpc) is 3.02. The molecule has 1 aliphatic carbocycles. The minimum atomic E-state index is -1.45. The number of benzene rings is 2. The number of hydrogen-bond acceptors (Lipinski definition) is 5. The lowest BCUT2D eigenvalue weighted by Crippen LogP contribution is -2.46. The van der Waals surface area contributed by atoms with Crippen molar-refractivity contribution in [3.05, 3.63) is 59.2 Å². The van der Waals surface area contributed by atoms with E-state index >= 15 is 0 Å². The van der Waals surface area contributed by atoms with E-state index in [0.29, 0.717) is 23.7 Å². The zero-order valence-electron chi connectivity index (χ0n) is 14.2. The van der Waals surface area contributed by atoms with Gasteiger partial charge in [0.2, 0.25) is 0 Å². The summed E-state index contributed by atoms with van der Waals surface area (Å²) in [5.41, 5.74) is 0.944. The summed E-state index contributed by atoms with van der Waals surface area (Å²) in [6.07, 6.45) is 0.724. The van der Waals surface area contributed by atoms with Gasteiger partial charge in [-0.25, -0.2) is 0 Å². The molecule has 0 radical (unpaired) electrons. The lowest BCUT2D eigenvalue weighted by molar-refractivity contribution is -0.148. The van der Waals surface area contributed by atoms with Gasteiger partial charge in [-0.1, -0.05) is 30.3 Å². The Morgan fingerprint density at radius 1 is 1.12 bits per heavy atom. The van der Waals surface area contributed by atoms with E-state index in [9.17, 15) is 9.90 Å². The first-order valence-electron chi connectivity index (χ1n) is 8.29. The number of aliphatic hydroxyl groups is 1. The molecule has 0 saturated carbocycles. The first-order valence-corrected chi connectivity index (χ1v) is 8.29. The molecule has 4 rings (SSSR count). The highest BCUT2D eigenvalue weighted by atomic mass is 16.5. The maximum absolute atomic E-state index is 12.4. The van der Waals surface area contributed by atoms with Crippen molar-refractivity contribution in [2.24, 2.45) is 11.8 Å². The number of fused-ring (bicyclic) bond motifs is 2. The summed E-state index contributed by atoms with van der Waals surface area (Å²) < 4.78 is 16.0. The third kappa shape index (κ3) is 2.23. The van der Waals surface area contributed by atoms with Crippen LogP contribution in [0.3, 0.4) is 0 Å². The number of rotatable bonds is 3. The smallest absolute Gasteiger partial charge is 0.313 e. The van der Waals surface area contributed by atoms with Crippen LogP contribution in [0.25, 0.3) is 0 Å². The summed E-state index contributed by atoms with van der Waals surface area (Å²) >= 11 is 0. The molecule has 1 saturated heterocycles. The van der Waals surface area contributed by atoms with E-state index in [1.54, 1.807) is 32.4 Å². The minimum absolute atomic E-state index is 0.0412. The average molecular weight is 340 g/mol. The number of hydrogen-bond donors (Lipinski definition) is 1. The SMILES string of the molecule is COc1ccc([C@]2(O)c3ccccc3C[C@H]3COC(=O)[C@H]32)cc1OC. The molecule has 130 valence electrons. The van der Waals surface area contributed by atoms with Gasteiger partial charge in [0.25, 0.3) is 0 Å². The Balaban J connectivity index is 1.94. The Hall–Kier alpha value is -2.53. The number of carbonyl (C=O) groups excluding carboxylic acids is 1. The molecule has 2 aliphatic rings. The molecule has 0 unspecified atom stereocenters. The van der Waals surface area contributed by atoms with Gasteiger partial charge >= 0.3 is 5.97 Å². The largest absolute Gasteiger partial charge is 0.493 e. The quantitative estimate of drug-likeness (QED) is 0.869. The molecule has 3 atom stereocenters. The Kier molecular flexibility index (Phi) is 3.69. The highest BCUT2D eigenvalue weighted by Gasteiger charge is 2.56. The fraction of sp³-hybridized carbons (Fsp3) is 0.350. The van der Waals surface area contributed by atoms with Crippen molar-refractivity contribution in [2.75, 3.05) is 20.8 Å². The third-order valence-electron chi connectivity index (χ3n) is 5.35. The number of cyclic esters (lactones) is 1. The fourth-order valence-corrected chi connectivity index (χ4v) is 4.18. The molecule has 2 aromatic rings. The van der Waals surface area contributed by atoms with Gasteiger partial charge in [-0.05, 0) is 35.2 Å². The van der Waals surface area contributed by atoms with Gasteiger partial charge in [-0.2, -0.15) is 0 Å². The normalized spacial score (nSPS) is 27.2. The molecule has 1 heterocycles. The standard InChI is InChI=1S/C20H20O5/c1-23-16-8-7-14(10-17(16)24-2)20(22)15-6-4-3-5-12(15)9-13-11-25-19(21)18(13)20/h3-8,10,13,18,22H,9,11H2,1-2H3/t13-,18-,20-/m0/s1. The van der Waals surface area contributed by atoms with Gasteiger partial charge in [0, 0.05) is 5.92 Å². The van der Waals surface area contributed by atoms with Crippen LogP contribution in [0.1, 0.15) is 16.7 Å². The van der Waals surface area contributed by atoms with Gasteiger partial charge in [-0.3, -0.25) is 4.79 Å². The summed E-state index contributed by atoms with van der Waals surface area (Å²) in [5.74, 6) is 0.0710. The first kappa shape index (κ1) is 16.0. The number of ether oxygens (including phenoxy) is 3. The minimum Gasteiger partial charge on any atom is -0.493 e. The molecule has 2 aromatic carbocycles. The third-order valence-corrected chi connectivity index (χ3v) is 5.35. The summed E-state index contributed by atoms with van der Waals surface area (Å²) in [6, 6.07) is 13.0. The van der Waals surface area contributed by atoms with E-state index in [-0.39, 0.29) is 11.9 Å². The summed E-state index contributed by atoms with van der Waals surface area (Å²) in [6.45, 7) is 0.341. The van der Waals surface area contributed by atoms with Crippen LogP contribution in [0, 0.1) is 11.8 Å². The van der Waals surface area contributed by atoms with Gasteiger partial charge < -0.3 is 19.3 Å². The maximum Gasteiger partial charge on any atom is 0.313 e. The molecule has 0 aromatic heterocycles. The van der Waals surface area contributed by atoms with Crippen LogP contribution in [-0.2, 0) is 21.6 Å². The lowest BCUT2D eigenvalue weighted by Gasteiger charge is -2.41. The van der Waals surface area contributed by atoms with Crippen molar-refractivity contribution in [3.8, 4) is 11.5 Å². The highest BCUT2D eigenvalue weighted by molar-refractivity contribution is 5.79. The van der Waals surface area contributed by atoms with Crippen molar-refractivity contribution in [1.29, 1.82) is 0 Å². The predicted octanol–water partition coefficient (Wildman–Crippen LogP) is 2.29. The molecule has 5 nitrogen and oxygen atoms in total. The Bertz CT molecular complexity index is 831. The van der Waals surface area contributed by atoms with Gasteiger partial charge in [0.15, 0.2) is 11.5 Å². The molecule has 1 aliphatic heterocycles. The van der Waals surface area contributed by atoms with Gasteiger partial charge in [0.1, 0.15) is 11.5 Å². The monoisotopic (exact) mass is 340 g/mol. The van der Waals surface area contributed by atoms with Crippen molar-refractivity contribution >= 4 is 5.97 Å². The van der Waals surface area contributed by atoms with Crippen LogP contribution in [-0.4, -0.2) is 31.9 Å². The second kappa shape index (κ2) is 5.77. The molecule has 1 N–H and O–H groups in total. The van der Waals surface area contributed by atoms with E-state index < -0.39 is 11.5 Å². The zero-order chi connectivity index (χ0) is 17.6. The second-order valence-electron chi connectivity index (χ2n) is 6.57. The number of methoxy groups -OCH3 is 2. The summed E-state index contributed by atoms with van der Waals surface area (Å²) in [4.78, 5) is 12.4. The van der Waals surface area contributed by atoms with Gasteiger partial charge in [0.05, 0.1) is 20.8 Å². The van der Waals surface area contributed by atoms with Crippen molar-refractivity contribution in [2.45, 2.75) is 12.0 Å². The Labute approximate surface area is 146 Å². The van der Waals surface area contributed by atoms with Crippen LogP contribution in [0.5, 0.6) is 11.5 Å². The molecule has 5 heteroatoms. The predicted molar refractivity (Wildman–Crippen MR) is 90.6 cm³/mol. The van der Waals surface area contributed by atoms with Crippen LogP contribution in [0.15, 0.2) is 42.5 Å². The van der Waals surface area contributed by atoms with E-state index in [4.69, 9.17) is 14.2 Å². The second-order valence-corrected chi connectivity index (χ2v) is 6.57. The topological polar surface area (TPSA) is 65.0 Å². The van der Waals surface area contributed by atoms with Crippen LogP contribution >= 0.6 is 0 Å². The molecular weight excluding hydrogens is 320 g/mol. The number of carbonyl (C=O) groups is 1. The van der Waals surface area contributed by atoms with E-state index in [2.05, 4.69) is 0 Å². The molecule has 0 bridgehead atoms. The first-order chi connectivity index (χ1) is 12.1. The highest BCUT2D eigenvalue weighted by Crippen LogP contribution is 2.50. The number of esters is 1. The lowest BCUT2D eigenvalue weighted by atomic mass is 9.64. The Morgan fingerprint density at radius 3 is 2.64 bits per heavy atom. The maximum atomic E-state index is 12.4. The molecule has 1 fully saturated rings. The molecule has 25 heavy (non-hydrogen) atoms. The summed E-state index contributed by atoms with van der Waals surface area (Å²) in [5, 5.41) is 11.8. The van der Waals surface area contributed by atoms with E-state index in [0.717, 1.165) is 17.5 Å². The molecular formula is C20H20O5. The van der Waals surface area contributed by atoms with E-state index in [1.165, 1.54) is 0 Å². The van der Waals surface area contributed by atoms with Crippen molar-refractivity contribution in [1.82, 2.24) is 0 Å². The van der Waals surface area contributed by atoms with Crippen molar-refractivity contribution < 1.29 is 24.1 Å². The molecule has 0 spiro atoms. The van der Waals surface area contributed by atoms with Crippen molar-refractivity contribution in [3.63, 3.8) is 0 Å². The Morgan fingerprint density at radius 2 is 1.88 bits per heavy atom. The fourth-order valence-electron chi connectivity index (χ4n) is 4.18.